The molecule has 5 nitrogen and oxygen atoms in total. The second-order valence-electron chi connectivity index (χ2n) is 7.94. The Hall–Kier alpha value is -3.82. The molecular weight excluding hydrogens is 485 g/mol. The maximum absolute atomic E-state index is 12.8. The maximum Gasteiger partial charge on any atom is 0.416 e. The summed E-state index contributed by atoms with van der Waals surface area (Å²) in [5, 5.41) is 1.28. The van der Waals surface area contributed by atoms with Crippen molar-refractivity contribution in [3.05, 3.63) is 109 Å². The largest absolute Gasteiger partial charge is 0.476 e. The van der Waals surface area contributed by atoms with E-state index in [2.05, 4.69) is 33.2 Å². The first-order chi connectivity index (χ1) is 17.5. The molecule has 2 aromatic heterocycles. The van der Waals surface area contributed by atoms with Crippen LogP contribution in [0.5, 0.6) is 5.75 Å². The predicted octanol–water partition coefficient (Wildman–Crippen LogP) is 7.19. The van der Waals surface area contributed by atoms with Crippen molar-refractivity contribution in [1.82, 2.24) is 19.3 Å². The Morgan fingerprint density at radius 1 is 0.889 bits per heavy atom. The molecule has 0 atom stereocenters. The molecule has 9 heteroatoms. The fourth-order valence-corrected chi connectivity index (χ4v) is 4.77. The minimum atomic E-state index is -4.35. The first-order valence-electron chi connectivity index (χ1n) is 11.1. The van der Waals surface area contributed by atoms with Gasteiger partial charge in [0, 0.05) is 29.7 Å². The Balaban J connectivity index is 0.000000247. The van der Waals surface area contributed by atoms with Crippen LogP contribution in [0, 0.1) is 0 Å². The van der Waals surface area contributed by atoms with Crippen LogP contribution in [-0.4, -0.2) is 26.0 Å². The van der Waals surface area contributed by atoms with Crippen molar-refractivity contribution in [2.45, 2.75) is 17.6 Å². The summed E-state index contributed by atoms with van der Waals surface area (Å²) in [6.07, 6.45) is 0.961. The van der Waals surface area contributed by atoms with E-state index in [0.717, 1.165) is 22.6 Å². The number of para-hydroxylation sites is 1. The number of benzene rings is 3. The molecule has 0 fully saturated rings. The number of hydrogen-bond acceptors (Lipinski definition) is 5. The molecule has 1 aliphatic heterocycles. The second kappa shape index (κ2) is 10.4. The van der Waals surface area contributed by atoms with Crippen LogP contribution in [0.4, 0.5) is 13.2 Å². The van der Waals surface area contributed by atoms with Crippen LogP contribution in [0.2, 0.25) is 0 Å². The van der Waals surface area contributed by atoms with Gasteiger partial charge < -0.3 is 9.72 Å². The van der Waals surface area contributed by atoms with E-state index in [1.807, 2.05) is 40.8 Å². The van der Waals surface area contributed by atoms with Gasteiger partial charge in [0.25, 0.3) is 0 Å². The molecule has 36 heavy (non-hydrogen) atoms. The van der Waals surface area contributed by atoms with Gasteiger partial charge in [0.1, 0.15) is 11.6 Å². The van der Waals surface area contributed by atoms with Crippen LogP contribution >= 0.6 is 11.9 Å². The van der Waals surface area contributed by atoms with Crippen molar-refractivity contribution in [2.24, 2.45) is 0 Å². The van der Waals surface area contributed by atoms with Gasteiger partial charge in [-0.2, -0.15) is 13.2 Å². The molecular formula is C27H21F3N4OS. The molecule has 0 unspecified atom stereocenters. The van der Waals surface area contributed by atoms with Crippen molar-refractivity contribution >= 4 is 22.9 Å². The van der Waals surface area contributed by atoms with Crippen LogP contribution in [0.25, 0.3) is 22.0 Å². The number of nitrogens with one attached hydrogen (secondary N) is 1. The van der Waals surface area contributed by atoms with Crippen molar-refractivity contribution < 1.29 is 17.9 Å². The van der Waals surface area contributed by atoms with Crippen LogP contribution in [0.1, 0.15) is 11.4 Å². The van der Waals surface area contributed by atoms with Gasteiger partial charge in [-0.1, -0.05) is 42.5 Å². The summed E-state index contributed by atoms with van der Waals surface area (Å²) < 4.78 is 46.2. The molecule has 1 aliphatic rings. The second-order valence-corrected chi connectivity index (χ2v) is 9.05. The molecule has 0 amide bonds. The van der Waals surface area contributed by atoms with Gasteiger partial charge in [0.15, 0.2) is 6.73 Å². The molecule has 0 bridgehead atoms. The quantitative estimate of drug-likeness (QED) is 0.263. The standard InChI is InChI=1S/C19H14F3N3OS.C8H7N/c20-19(21,22)14-7-5-13(6-8-14)15-3-1-4-16-18(15)27-25(12-26-16)11-17-23-9-2-10-24-17;1-2-4-8-7(3-1)5-6-9-8/h1-10H,11-12H2;1-6,9H. The Morgan fingerprint density at radius 3 is 2.42 bits per heavy atom. The van der Waals surface area contributed by atoms with Crippen LogP contribution in [0.15, 0.2) is 102 Å². The number of aromatic amines is 1. The lowest BCUT2D eigenvalue weighted by Gasteiger charge is -2.28. The van der Waals surface area contributed by atoms with Gasteiger partial charge in [0.05, 0.1) is 17.0 Å². The summed E-state index contributed by atoms with van der Waals surface area (Å²) in [6.45, 7) is 0.860. The third-order valence-electron chi connectivity index (χ3n) is 5.49. The number of H-pyrrole nitrogens is 1. The number of hydrogen-bond donors (Lipinski definition) is 1. The summed E-state index contributed by atoms with van der Waals surface area (Å²) in [5.41, 5.74) is 2.07. The lowest BCUT2D eigenvalue weighted by molar-refractivity contribution is -0.137. The summed E-state index contributed by atoms with van der Waals surface area (Å²) in [7, 11) is 0. The van der Waals surface area contributed by atoms with E-state index < -0.39 is 11.7 Å². The Kier molecular flexibility index (Phi) is 6.92. The highest BCUT2D eigenvalue weighted by Gasteiger charge is 2.30. The minimum Gasteiger partial charge on any atom is -0.476 e. The van der Waals surface area contributed by atoms with Gasteiger partial charge in [-0.15, -0.1) is 0 Å². The lowest BCUT2D eigenvalue weighted by Crippen LogP contribution is -2.25. The highest BCUT2D eigenvalue weighted by atomic mass is 32.2. The fraction of sp³-hybridized carbons (Fsp3) is 0.111. The van der Waals surface area contributed by atoms with Gasteiger partial charge in [0.2, 0.25) is 0 Å². The fourth-order valence-electron chi connectivity index (χ4n) is 3.73. The molecule has 0 saturated heterocycles. The van der Waals surface area contributed by atoms with E-state index >= 15 is 0 Å². The first kappa shape index (κ1) is 23.9. The van der Waals surface area contributed by atoms with Crippen LogP contribution < -0.4 is 4.74 Å². The number of nitrogens with zero attached hydrogens (tertiary/aromatic N) is 3. The van der Waals surface area contributed by atoms with Gasteiger partial charge in [-0.05, 0) is 59.3 Å². The van der Waals surface area contributed by atoms with Crippen molar-refractivity contribution in [3.8, 4) is 16.9 Å². The van der Waals surface area contributed by atoms with E-state index in [1.54, 1.807) is 18.5 Å². The Morgan fingerprint density at radius 2 is 1.67 bits per heavy atom. The maximum atomic E-state index is 12.8. The molecule has 182 valence electrons. The number of alkyl halides is 3. The normalized spacial score (nSPS) is 13.4. The summed E-state index contributed by atoms with van der Waals surface area (Å²) in [5.74, 6) is 1.38. The lowest BCUT2D eigenvalue weighted by atomic mass is 10.0. The van der Waals surface area contributed by atoms with E-state index in [-0.39, 0.29) is 0 Å². The average molecular weight is 507 g/mol. The summed E-state index contributed by atoms with van der Waals surface area (Å²) in [4.78, 5) is 12.4. The molecule has 5 aromatic rings. The zero-order valence-electron chi connectivity index (χ0n) is 18.9. The first-order valence-corrected chi connectivity index (χ1v) is 11.9. The molecule has 3 heterocycles. The van der Waals surface area contributed by atoms with E-state index in [4.69, 9.17) is 4.74 Å². The van der Waals surface area contributed by atoms with Crippen molar-refractivity contribution in [2.75, 3.05) is 6.73 Å². The van der Waals surface area contributed by atoms with Crippen molar-refractivity contribution in [3.63, 3.8) is 0 Å². The minimum absolute atomic E-state index is 0.367. The molecule has 1 N–H and O–H groups in total. The summed E-state index contributed by atoms with van der Waals surface area (Å²) >= 11 is 1.49. The monoisotopic (exact) mass is 506 g/mol. The van der Waals surface area contributed by atoms with Gasteiger partial charge >= 0.3 is 6.18 Å². The Bertz CT molecular complexity index is 1410. The topological polar surface area (TPSA) is 54.0 Å². The van der Waals surface area contributed by atoms with Crippen LogP contribution in [0.3, 0.4) is 0 Å². The highest BCUT2D eigenvalue weighted by Crippen LogP contribution is 2.43. The van der Waals surface area contributed by atoms with E-state index in [0.29, 0.717) is 30.4 Å². The SMILES string of the molecule is FC(F)(F)c1ccc(-c2cccc3c2SN(Cc2ncccn2)CO3)cc1.c1ccc2[nH]ccc2c1. The molecule has 0 radical (unpaired) electrons. The molecule has 3 aromatic carbocycles. The third kappa shape index (κ3) is 5.53. The number of rotatable bonds is 3. The number of aromatic nitrogens is 3. The Labute approximate surface area is 210 Å². The zero-order chi connectivity index (χ0) is 25.0. The van der Waals surface area contributed by atoms with Gasteiger partial charge in [-0.25, -0.2) is 14.3 Å². The van der Waals surface area contributed by atoms with E-state index in [1.165, 1.54) is 35.0 Å². The molecule has 0 spiro atoms. The molecule has 0 saturated carbocycles. The van der Waals surface area contributed by atoms with Crippen molar-refractivity contribution in [1.29, 1.82) is 0 Å². The number of fused-ring (bicyclic) bond motifs is 2. The predicted molar refractivity (Wildman–Crippen MR) is 134 cm³/mol. The number of ether oxygens (including phenoxy) is 1. The molecule has 6 rings (SSSR count). The average Bonchev–Trinajstić information content (AvgIpc) is 3.38. The summed E-state index contributed by atoms with van der Waals surface area (Å²) in [6, 6.07) is 22.8. The van der Waals surface area contributed by atoms with Crippen LogP contribution in [-0.2, 0) is 12.7 Å². The smallest absolute Gasteiger partial charge is 0.416 e. The third-order valence-corrected chi connectivity index (χ3v) is 6.58. The molecule has 0 aliphatic carbocycles. The number of halogens is 3. The van der Waals surface area contributed by atoms with E-state index in [9.17, 15) is 13.2 Å². The van der Waals surface area contributed by atoms with Gasteiger partial charge in [-0.3, -0.25) is 0 Å². The zero-order valence-corrected chi connectivity index (χ0v) is 19.8. The highest BCUT2D eigenvalue weighted by molar-refractivity contribution is 7.97.